The minimum absolute atomic E-state index is 0.0420. The highest BCUT2D eigenvalue weighted by atomic mass is 16.5. The third-order valence-corrected chi connectivity index (χ3v) is 3.93. The summed E-state index contributed by atoms with van der Waals surface area (Å²) in [6.45, 7) is 0. The minimum Gasteiger partial charge on any atom is -0.502 e. The highest BCUT2D eigenvalue weighted by Crippen LogP contribution is 2.38. The monoisotopic (exact) mass is 364 g/mol. The van der Waals surface area contributed by atoms with Crippen LogP contribution in [-0.2, 0) is 6.42 Å². The molecule has 138 valence electrons. The number of anilines is 1. The van der Waals surface area contributed by atoms with Crippen LogP contribution in [0.2, 0.25) is 0 Å². The number of nitrogen functional groups attached to an aromatic ring is 1. The van der Waals surface area contributed by atoms with Crippen molar-refractivity contribution in [2.75, 3.05) is 20.0 Å². The fourth-order valence-electron chi connectivity index (χ4n) is 2.59. The molecule has 1 aromatic heterocycles. The summed E-state index contributed by atoms with van der Waals surface area (Å²) in [5.41, 5.74) is 8.32. The largest absolute Gasteiger partial charge is 0.502 e. The van der Waals surface area contributed by atoms with Gasteiger partial charge in [0.25, 0.3) is 0 Å². The van der Waals surface area contributed by atoms with E-state index in [1.165, 1.54) is 14.2 Å². The maximum atomic E-state index is 10.1. The molecule has 0 saturated carbocycles. The fraction of sp³-hybridized carbons (Fsp3) is 0.150. The second-order valence-corrected chi connectivity index (χ2v) is 5.77. The molecule has 3 rings (SSSR count). The Balaban J connectivity index is 1.95. The van der Waals surface area contributed by atoms with Gasteiger partial charge in [0.1, 0.15) is 0 Å². The molecule has 7 heteroatoms. The first kappa shape index (κ1) is 18.2. The maximum absolute atomic E-state index is 10.1. The number of phenols is 1. The Bertz CT molecular complexity index is 934. The predicted octanol–water partition coefficient (Wildman–Crippen LogP) is 3.12. The summed E-state index contributed by atoms with van der Waals surface area (Å²) in [5.74, 6) is 1.25. The Morgan fingerprint density at radius 1 is 1.11 bits per heavy atom. The molecule has 0 saturated heterocycles. The second-order valence-electron chi connectivity index (χ2n) is 5.77. The number of ether oxygens (including phenoxy) is 2. The SMILES string of the molecule is COc1cc(Cc2cnc(N)nc2N=Cc2ccccc2)cc(OC)c1O. The summed E-state index contributed by atoms with van der Waals surface area (Å²) in [4.78, 5) is 12.8. The van der Waals surface area contributed by atoms with Crippen LogP contribution in [-0.4, -0.2) is 35.5 Å². The van der Waals surface area contributed by atoms with Crippen molar-refractivity contribution in [2.24, 2.45) is 4.99 Å². The normalized spacial score (nSPS) is 10.9. The molecule has 0 atom stereocenters. The minimum atomic E-state index is -0.0420. The quantitative estimate of drug-likeness (QED) is 0.652. The molecule has 3 aromatic rings. The second kappa shape index (κ2) is 8.18. The molecule has 0 fully saturated rings. The number of hydrogen-bond donors (Lipinski definition) is 2. The third kappa shape index (κ3) is 4.33. The molecule has 0 amide bonds. The van der Waals surface area contributed by atoms with Crippen molar-refractivity contribution in [1.82, 2.24) is 9.97 Å². The number of phenolic OH excluding ortho intramolecular Hbond substituents is 1. The zero-order valence-corrected chi connectivity index (χ0v) is 15.1. The van der Waals surface area contributed by atoms with Crippen LogP contribution in [0.4, 0.5) is 11.8 Å². The van der Waals surface area contributed by atoms with Gasteiger partial charge in [-0.25, -0.2) is 9.98 Å². The summed E-state index contributed by atoms with van der Waals surface area (Å²) in [5, 5.41) is 10.1. The van der Waals surface area contributed by atoms with E-state index in [-0.39, 0.29) is 11.7 Å². The number of nitrogens with two attached hydrogens (primary N) is 1. The van der Waals surface area contributed by atoms with Gasteiger partial charge in [-0.15, -0.1) is 0 Å². The molecule has 1 heterocycles. The Hall–Kier alpha value is -3.61. The van der Waals surface area contributed by atoms with Gasteiger partial charge in [0.2, 0.25) is 11.7 Å². The first-order chi connectivity index (χ1) is 13.1. The van der Waals surface area contributed by atoms with Crippen LogP contribution >= 0.6 is 0 Å². The van der Waals surface area contributed by atoms with Gasteiger partial charge in [0, 0.05) is 24.4 Å². The number of benzene rings is 2. The van der Waals surface area contributed by atoms with E-state index in [2.05, 4.69) is 15.0 Å². The van der Waals surface area contributed by atoms with Crippen molar-refractivity contribution < 1.29 is 14.6 Å². The van der Waals surface area contributed by atoms with Crippen molar-refractivity contribution in [3.8, 4) is 17.2 Å². The van der Waals surface area contributed by atoms with Gasteiger partial charge in [0.05, 0.1) is 14.2 Å². The summed E-state index contributed by atoms with van der Waals surface area (Å²) < 4.78 is 10.4. The van der Waals surface area contributed by atoms with Crippen LogP contribution in [0.5, 0.6) is 17.2 Å². The molecule has 7 nitrogen and oxygen atoms in total. The van der Waals surface area contributed by atoms with Crippen molar-refractivity contribution >= 4 is 18.0 Å². The van der Waals surface area contributed by atoms with Crippen LogP contribution in [0.25, 0.3) is 0 Å². The van der Waals surface area contributed by atoms with Crippen LogP contribution in [0.3, 0.4) is 0 Å². The molecule has 0 radical (unpaired) electrons. The van der Waals surface area contributed by atoms with Crippen molar-refractivity contribution in [1.29, 1.82) is 0 Å². The van der Waals surface area contributed by atoms with E-state index in [1.807, 2.05) is 30.3 Å². The lowest BCUT2D eigenvalue weighted by molar-refractivity contribution is 0.339. The number of aromatic nitrogens is 2. The average Bonchev–Trinajstić information content (AvgIpc) is 2.70. The average molecular weight is 364 g/mol. The smallest absolute Gasteiger partial charge is 0.222 e. The van der Waals surface area contributed by atoms with Crippen LogP contribution < -0.4 is 15.2 Å². The van der Waals surface area contributed by atoms with E-state index >= 15 is 0 Å². The predicted molar refractivity (Wildman–Crippen MR) is 104 cm³/mol. The lowest BCUT2D eigenvalue weighted by atomic mass is 10.1. The highest BCUT2D eigenvalue weighted by Gasteiger charge is 2.13. The highest BCUT2D eigenvalue weighted by molar-refractivity contribution is 5.81. The summed E-state index contributed by atoms with van der Waals surface area (Å²) in [6.07, 6.45) is 3.84. The van der Waals surface area contributed by atoms with Crippen LogP contribution in [0, 0.1) is 0 Å². The fourth-order valence-corrected chi connectivity index (χ4v) is 2.59. The molecule has 3 N–H and O–H groups in total. The van der Waals surface area contributed by atoms with E-state index < -0.39 is 0 Å². The van der Waals surface area contributed by atoms with Gasteiger partial charge in [-0.1, -0.05) is 30.3 Å². The van der Waals surface area contributed by atoms with Crippen molar-refractivity contribution in [3.63, 3.8) is 0 Å². The van der Waals surface area contributed by atoms with Gasteiger partial charge in [-0.05, 0) is 23.3 Å². The Morgan fingerprint density at radius 3 is 2.41 bits per heavy atom. The maximum Gasteiger partial charge on any atom is 0.222 e. The summed E-state index contributed by atoms with van der Waals surface area (Å²) >= 11 is 0. The van der Waals surface area contributed by atoms with Crippen molar-refractivity contribution in [3.05, 3.63) is 65.4 Å². The topological polar surface area (TPSA) is 103 Å². The first-order valence-electron chi connectivity index (χ1n) is 8.25. The van der Waals surface area contributed by atoms with E-state index in [9.17, 15) is 5.11 Å². The molecule has 0 spiro atoms. The van der Waals surface area contributed by atoms with Gasteiger partial charge < -0.3 is 20.3 Å². The van der Waals surface area contributed by atoms with E-state index in [0.29, 0.717) is 23.7 Å². The zero-order valence-electron chi connectivity index (χ0n) is 15.1. The Morgan fingerprint density at radius 2 is 1.78 bits per heavy atom. The lowest BCUT2D eigenvalue weighted by Crippen LogP contribution is -2.00. The summed E-state index contributed by atoms with van der Waals surface area (Å²) in [7, 11) is 2.97. The number of aromatic hydroxyl groups is 1. The molecular weight excluding hydrogens is 344 g/mol. The first-order valence-corrected chi connectivity index (χ1v) is 8.25. The molecule has 0 unspecified atom stereocenters. The van der Waals surface area contributed by atoms with Crippen LogP contribution in [0.1, 0.15) is 16.7 Å². The lowest BCUT2D eigenvalue weighted by Gasteiger charge is -2.12. The number of rotatable bonds is 6. The van der Waals surface area contributed by atoms with Gasteiger partial charge >= 0.3 is 0 Å². The molecule has 27 heavy (non-hydrogen) atoms. The molecule has 0 aliphatic carbocycles. The van der Waals surface area contributed by atoms with E-state index in [0.717, 1.165) is 16.7 Å². The van der Waals surface area contributed by atoms with Gasteiger partial charge in [0.15, 0.2) is 17.3 Å². The third-order valence-electron chi connectivity index (χ3n) is 3.93. The van der Waals surface area contributed by atoms with E-state index in [4.69, 9.17) is 15.2 Å². The molecule has 0 bridgehead atoms. The van der Waals surface area contributed by atoms with Gasteiger partial charge in [-0.2, -0.15) is 4.98 Å². The van der Waals surface area contributed by atoms with Crippen molar-refractivity contribution in [2.45, 2.75) is 6.42 Å². The standard InChI is InChI=1S/C20H20N4O3/c1-26-16-9-14(10-17(27-2)18(16)25)8-15-12-23-20(21)24-19(15)22-11-13-6-4-3-5-7-13/h3-7,9-12,25H,8H2,1-2H3,(H2,21,23,24). The Labute approximate surface area is 157 Å². The number of methoxy groups -OCH3 is 2. The van der Waals surface area contributed by atoms with Crippen LogP contribution in [0.15, 0.2) is 53.7 Å². The molecule has 0 aliphatic heterocycles. The molecular formula is C20H20N4O3. The summed E-state index contributed by atoms with van der Waals surface area (Å²) in [6, 6.07) is 13.2. The molecule has 2 aromatic carbocycles. The Kier molecular flexibility index (Phi) is 5.51. The molecule has 0 aliphatic rings. The van der Waals surface area contributed by atoms with E-state index in [1.54, 1.807) is 24.5 Å². The van der Waals surface area contributed by atoms with Gasteiger partial charge in [-0.3, -0.25) is 0 Å². The number of hydrogen-bond acceptors (Lipinski definition) is 7. The number of nitrogens with zero attached hydrogens (tertiary/aromatic N) is 3. The zero-order chi connectivity index (χ0) is 19.2. The number of aliphatic imine (C=N–C) groups is 1.